The molecule has 0 saturated carbocycles. The first-order valence-corrected chi connectivity index (χ1v) is 12.5. The number of nitrogens with zero attached hydrogens (tertiary/aromatic N) is 4. The predicted molar refractivity (Wildman–Crippen MR) is 141 cm³/mol. The third-order valence-electron chi connectivity index (χ3n) is 5.81. The Balaban J connectivity index is 0.00000363. The highest BCUT2D eigenvalue weighted by atomic mass is 127. The Morgan fingerprint density at radius 2 is 1.94 bits per heavy atom. The van der Waals surface area contributed by atoms with Gasteiger partial charge in [0, 0.05) is 39.9 Å². The van der Waals surface area contributed by atoms with E-state index in [-0.39, 0.29) is 35.1 Å². The lowest BCUT2D eigenvalue weighted by Gasteiger charge is -2.22. The molecular formula is C23H36IN5O2S. The van der Waals surface area contributed by atoms with E-state index in [4.69, 9.17) is 0 Å². The predicted octanol–water partition coefficient (Wildman–Crippen LogP) is 3.25. The molecule has 3 rings (SSSR count). The number of hydrogen-bond donors (Lipinski definition) is 1. The summed E-state index contributed by atoms with van der Waals surface area (Å²) in [5.74, 6) is 1.35. The first-order valence-electron chi connectivity index (χ1n) is 10.8. The van der Waals surface area contributed by atoms with E-state index in [0.717, 1.165) is 37.5 Å². The van der Waals surface area contributed by atoms with Crippen LogP contribution in [0.2, 0.25) is 0 Å². The van der Waals surface area contributed by atoms with E-state index in [1.54, 1.807) is 19.2 Å². The number of aliphatic imine (C=N–C) groups is 1. The number of benzene rings is 1. The second-order valence-electron chi connectivity index (χ2n) is 9.39. The summed E-state index contributed by atoms with van der Waals surface area (Å²) in [6.45, 7) is 8.52. The van der Waals surface area contributed by atoms with Gasteiger partial charge in [-0.15, -0.1) is 24.0 Å². The standard InChI is InChI=1S/C23H35N5O2S.HI/c1-23(2,3)20-6-8-21(9-7-20)31(29,30)13-11-25-22(24-4)28-12-10-18(17-28)14-19-15-26-27(5)16-19;/h6-9,15-16,18H,10-14,17H2,1-5H3,(H,24,25);1H. The summed E-state index contributed by atoms with van der Waals surface area (Å²) in [4.78, 5) is 6.95. The van der Waals surface area contributed by atoms with Crippen LogP contribution in [0, 0.1) is 5.92 Å². The number of aryl methyl sites for hydroxylation is 1. The molecule has 7 nitrogen and oxygen atoms in total. The van der Waals surface area contributed by atoms with Crippen molar-refractivity contribution >= 4 is 39.8 Å². The van der Waals surface area contributed by atoms with Crippen molar-refractivity contribution in [3.63, 3.8) is 0 Å². The number of guanidine groups is 1. The smallest absolute Gasteiger partial charge is 0.193 e. The largest absolute Gasteiger partial charge is 0.355 e. The first kappa shape index (κ1) is 26.6. The van der Waals surface area contributed by atoms with Crippen LogP contribution < -0.4 is 5.32 Å². The van der Waals surface area contributed by atoms with Crippen molar-refractivity contribution in [2.45, 2.75) is 43.9 Å². The molecule has 1 N–H and O–H groups in total. The lowest BCUT2D eigenvalue weighted by atomic mass is 9.87. The van der Waals surface area contributed by atoms with Gasteiger partial charge in [0.15, 0.2) is 15.8 Å². The Morgan fingerprint density at radius 1 is 1.25 bits per heavy atom. The maximum Gasteiger partial charge on any atom is 0.193 e. The van der Waals surface area contributed by atoms with E-state index in [1.165, 1.54) is 5.56 Å². The maximum atomic E-state index is 12.7. The fraction of sp³-hybridized carbons (Fsp3) is 0.565. The second-order valence-corrected chi connectivity index (χ2v) is 11.5. The van der Waals surface area contributed by atoms with Gasteiger partial charge >= 0.3 is 0 Å². The molecule has 0 amide bonds. The van der Waals surface area contributed by atoms with Gasteiger partial charge in [-0.3, -0.25) is 9.67 Å². The summed E-state index contributed by atoms with van der Waals surface area (Å²) in [5.41, 5.74) is 2.38. The highest BCUT2D eigenvalue weighted by Crippen LogP contribution is 2.24. The lowest BCUT2D eigenvalue weighted by Crippen LogP contribution is -2.42. The molecule has 1 aliphatic rings. The SMILES string of the molecule is CN=C(NCCS(=O)(=O)c1ccc(C(C)(C)C)cc1)N1CCC(Cc2cnn(C)c2)C1.I. The topological polar surface area (TPSA) is 79.6 Å². The summed E-state index contributed by atoms with van der Waals surface area (Å²) in [7, 11) is 0.336. The van der Waals surface area contributed by atoms with Gasteiger partial charge in [0.05, 0.1) is 16.8 Å². The number of aromatic nitrogens is 2. The third-order valence-corrected chi connectivity index (χ3v) is 7.55. The molecule has 1 unspecified atom stereocenters. The van der Waals surface area contributed by atoms with Gasteiger partial charge in [0.25, 0.3) is 0 Å². The minimum atomic E-state index is -3.34. The molecule has 9 heteroatoms. The molecule has 0 bridgehead atoms. The number of nitrogens with one attached hydrogen (secondary N) is 1. The van der Waals surface area contributed by atoms with E-state index >= 15 is 0 Å². The minimum absolute atomic E-state index is 0. The van der Waals surface area contributed by atoms with E-state index in [2.05, 4.69) is 47.3 Å². The van der Waals surface area contributed by atoms with Crippen molar-refractivity contribution in [2.24, 2.45) is 18.0 Å². The molecule has 1 fully saturated rings. The van der Waals surface area contributed by atoms with Crippen LogP contribution in [0.1, 0.15) is 38.3 Å². The second kappa shape index (κ2) is 11.0. The van der Waals surface area contributed by atoms with Crippen LogP contribution in [-0.2, 0) is 28.7 Å². The van der Waals surface area contributed by atoms with E-state index < -0.39 is 9.84 Å². The molecule has 0 radical (unpaired) electrons. The third kappa shape index (κ3) is 6.94. The van der Waals surface area contributed by atoms with Gasteiger partial charge in [-0.1, -0.05) is 32.9 Å². The molecule has 1 aromatic carbocycles. The van der Waals surface area contributed by atoms with Gasteiger partial charge in [-0.05, 0) is 47.4 Å². The van der Waals surface area contributed by atoms with Crippen molar-refractivity contribution in [3.05, 3.63) is 47.8 Å². The first-order chi connectivity index (χ1) is 14.6. The zero-order valence-corrected chi connectivity index (χ0v) is 22.9. The normalized spacial score (nSPS) is 17.3. The van der Waals surface area contributed by atoms with Crippen molar-refractivity contribution in [1.82, 2.24) is 20.0 Å². The van der Waals surface area contributed by atoms with Crippen molar-refractivity contribution in [1.29, 1.82) is 0 Å². The lowest BCUT2D eigenvalue weighted by molar-refractivity contribution is 0.461. The Hall–Kier alpha value is -1.62. The molecular weight excluding hydrogens is 537 g/mol. The molecule has 1 saturated heterocycles. The van der Waals surface area contributed by atoms with Crippen LogP contribution in [0.3, 0.4) is 0 Å². The molecule has 2 heterocycles. The minimum Gasteiger partial charge on any atom is -0.355 e. The molecule has 1 aliphatic heterocycles. The Kier molecular flexibility index (Phi) is 9.15. The van der Waals surface area contributed by atoms with Crippen molar-refractivity contribution in [3.8, 4) is 0 Å². The maximum absolute atomic E-state index is 12.7. The highest BCUT2D eigenvalue weighted by Gasteiger charge is 2.26. The molecule has 2 aromatic rings. The summed E-state index contributed by atoms with van der Waals surface area (Å²) >= 11 is 0. The van der Waals surface area contributed by atoms with Crippen LogP contribution in [0.25, 0.3) is 0 Å². The van der Waals surface area contributed by atoms with Crippen molar-refractivity contribution in [2.75, 3.05) is 32.4 Å². The summed E-state index contributed by atoms with van der Waals surface area (Å²) < 4.78 is 27.3. The monoisotopic (exact) mass is 573 g/mol. The van der Waals surface area contributed by atoms with Gasteiger partial charge < -0.3 is 10.2 Å². The summed E-state index contributed by atoms with van der Waals surface area (Å²) in [6.07, 6.45) is 6.08. The molecule has 178 valence electrons. The number of halogens is 1. The molecule has 0 spiro atoms. The van der Waals surface area contributed by atoms with Gasteiger partial charge in [0.2, 0.25) is 0 Å². The number of likely N-dealkylation sites (tertiary alicyclic amines) is 1. The average molecular weight is 574 g/mol. The molecule has 1 aromatic heterocycles. The number of rotatable bonds is 6. The average Bonchev–Trinajstić information content (AvgIpc) is 3.34. The van der Waals surface area contributed by atoms with E-state index in [1.807, 2.05) is 30.1 Å². The zero-order chi connectivity index (χ0) is 22.6. The Labute approximate surface area is 209 Å². The van der Waals surface area contributed by atoms with Gasteiger partial charge in [-0.2, -0.15) is 5.10 Å². The fourth-order valence-electron chi connectivity index (χ4n) is 4.01. The van der Waals surface area contributed by atoms with Crippen LogP contribution >= 0.6 is 24.0 Å². The quantitative estimate of drug-likeness (QED) is 0.326. The van der Waals surface area contributed by atoms with Crippen LogP contribution in [0.5, 0.6) is 0 Å². The zero-order valence-electron chi connectivity index (χ0n) is 19.7. The number of hydrogen-bond acceptors (Lipinski definition) is 4. The fourth-order valence-corrected chi connectivity index (χ4v) is 5.17. The Morgan fingerprint density at radius 3 is 2.50 bits per heavy atom. The van der Waals surface area contributed by atoms with Crippen LogP contribution in [0.4, 0.5) is 0 Å². The summed E-state index contributed by atoms with van der Waals surface area (Å²) in [6, 6.07) is 7.25. The Bertz CT molecular complexity index is 1010. The van der Waals surface area contributed by atoms with Gasteiger partial charge in [0.1, 0.15) is 0 Å². The van der Waals surface area contributed by atoms with Gasteiger partial charge in [-0.25, -0.2) is 8.42 Å². The molecule has 1 atom stereocenters. The van der Waals surface area contributed by atoms with Crippen LogP contribution in [0.15, 0.2) is 46.5 Å². The summed E-state index contributed by atoms with van der Waals surface area (Å²) in [5, 5.41) is 7.49. The van der Waals surface area contributed by atoms with E-state index in [0.29, 0.717) is 17.4 Å². The number of sulfone groups is 1. The highest BCUT2D eigenvalue weighted by molar-refractivity contribution is 14.0. The van der Waals surface area contributed by atoms with Crippen LogP contribution in [-0.4, -0.2) is 61.5 Å². The molecule has 0 aliphatic carbocycles. The van der Waals surface area contributed by atoms with E-state index in [9.17, 15) is 8.42 Å². The molecule has 32 heavy (non-hydrogen) atoms. The van der Waals surface area contributed by atoms with Crippen molar-refractivity contribution < 1.29 is 8.42 Å².